The molecule has 0 amide bonds. The fourth-order valence-electron chi connectivity index (χ4n) is 3.38. The molecule has 4 rings (SSSR count). The van der Waals surface area contributed by atoms with Gasteiger partial charge in [-0.25, -0.2) is 4.98 Å². The Labute approximate surface area is 141 Å². The monoisotopic (exact) mass is 312 g/mol. The van der Waals surface area contributed by atoms with Crippen molar-refractivity contribution < 1.29 is 0 Å². The lowest BCUT2D eigenvalue weighted by Gasteiger charge is -2.09. The molecule has 2 heterocycles. The second kappa shape index (κ2) is 5.64. The summed E-state index contributed by atoms with van der Waals surface area (Å²) < 4.78 is 2.29. The number of fused-ring (bicyclic) bond motifs is 6. The SMILES string of the molecule is C/C=C\c1nc2c3ccccc3c3ccccc3n2c1C=C(C)C. The lowest BCUT2D eigenvalue weighted by Crippen LogP contribution is -1.93. The highest BCUT2D eigenvalue weighted by molar-refractivity contribution is 6.12. The van der Waals surface area contributed by atoms with E-state index in [9.17, 15) is 0 Å². The van der Waals surface area contributed by atoms with Gasteiger partial charge in [0, 0.05) is 10.8 Å². The molecule has 0 bridgehead atoms. The van der Waals surface area contributed by atoms with Gasteiger partial charge in [0.25, 0.3) is 0 Å². The zero-order valence-corrected chi connectivity index (χ0v) is 14.2. The van der Waals surface area contributed by atoms with Crippen LogP contribution in [0.3, 0.4) is 0 Å². The molecule has 0 fully saturated rings. The highest BCUT2D eigenvalue weighted by Crippen LogP contribution is 2.32. The van der Waals surface area contributed by atoms with E-state index in [4.69, 9.17) is 4.98 Å². The van der Waals surface area contributed by atoms with E-state index in [0.717, 1.165) is 17.0 Å². The summed E-state index contributed by atoms with van der Waals surface area (Å²) in [4.78, 5) is 4.97. The zero-order chi connectivity index (χ0) is 16.7. The number of aromatic nitrogens is 2. The molecule has 118 valence electrons. The summed E-state index contributed by atoms with van der Waals surface area (Å²) in [5, 5.41) is 3.70. The predicted octanol–water partition coefficient (Wildman–Crippen LogP) is 6.10. The van der Waals surface area contributed by atoms with Gasteiger partial charge in [0.05, 0.1) is 16.9 Å². The molecule has 0 aliphatic carbocycles. The van der Waals surface area contributed by atoms with Gasteiger partial charge in [-0.05, 0) is 44.4 Å². The lowest BCUT2D eigenvalue weighted by atomic mass is 10.1. The van der Waals surface area contributed by atoms with Gasteiger partial charge in [-0.2, -0.15) is 0 Å². The number of rotatable bonds is 2. The van der Waals surface area contributed by atoms with Gasteiger partial charge < -0.3 is 0 Å². The molecule has 0 atom stereocenters. The van der Waals surface area contributed by atoms with Crippen molar-refractivity contribution in [1.29, 1.82) is 0 Å². The standard InChI is InChI=1S/C22H20N2/c1-4-9-19-21(14-15(2)3)24-20-13-8-7-11-17(20)16-10-5-6-12-18(16)22(24)23-19/h4-14H,1-3H3/b9-4-. The van der Waals surface area contributed by atoms with Crippen LogP contribution < -0.4 is 0 Å². The average molecular weight is 312 g/mol. The van der Waals surface area contributed by atoms with Gasteiger partial charge in [-0.1, -0.05) is 54.1 Å². The van der Waals surface area contributed by atoms with Crippen molar-refractivity contribution in [3.63, 3.8) is 0 Å². The fourth-order valence-corrected chi connectivity index (χ4v) is 3.38. The van der Waals surface area contributed by atoms with Crippen LogP contribution in [0.5, 0.6) is 0 Å². The van der Waals surface area contributed by atoms with Crippen LogP contribution >= 0.6 is 0 Å². The summed E-state index contributed by atoms with van der Waals surface area (Å²) in [6.07, 6.45) is 6.36. The van der Waals surface area contributed by atoms with E-state index in [0.29, 0.717) is 0 Å². The molecular formula is C22H20N2. The summed E-state index contributed by atoms with van der Waals surface area (Å²) in [5.41, 5.74) is 5.64. The van der Waals surface area contributed by atoms with Gasteiger partial charge in [0.15, 0.2) is 0 Å². The molecule has 0 saturated heterocycles. The molecule has 2 nitrogen and oxygen atoms in total. The minimum absolute atomic E-state index is 1.01. The van der Waals surface area contributed by atoms with Gasteiger partial charge in [-0.3, -0.25) is 4.40 Å². The quantitative estimate of drug-likeness (QED) is 0.409. The molecule has 0 N–H and O–H groups in total. The van der Waals surface area contributed by atoms with Crippen LogP contribution in [0, 0.1) is 0 Å². The Morgan fingerprint density at radius 3 is 2.29 bits per heavy atom. The topological polar surface area (TPSA) is 17.3 Å². The van der Waals surface area contributed by atoms with Crippen LogP contribution in [-0.4, -0.2) is 9.38 Å². The normalized spacial score (nSPS) is 11.8. The Hall–Kier alpha value is -2.87. The Morgan fingerprint density at radius 1 is 0.917 bits per heavy atom. The van der Waals surface area contributed by atoms with E-state index in [-0.39, 0.29) is 0 Å². The van der Waals surface area contributed by atoms with E-state index < -0.39 is 0 Å². The van der Waals surface area contributed by atoms with Crippen LogP contribution in [0.25, 0.3) is 39.5 Å². The highest BCUT2D eigenvalue weighted by Gasteiger charge is 2.15. The summed E-state index contributed by atoms with van der Waals surface area (Å²) in [5.74, 6) is 0. The Morgan fingerprint density at radius 2 is 1.58 bits per heavy atom. The van der Waals surface area contributed by atoms with Gasteiger partial charge in [0.2, 0.25) is 0 Å². The molecule has 2 aromatic carbocycles. The van der Waals surface area contributed by atoms with Crippen LogP contribution in [0.2, 0.25) is 0 Å². The number of para-hydroxylation sites is 1. The molecule has 0 saturated carbocycles. The van der Waals surface area contributed by atoms with Gasteiger partial charge >= 0.3 is 0 Å². The summed E-state index contributed by atoms with van der Waals surface area (Å²) in [7, 11) is 0. The molecule has 4 aromatic rings. The van der Waals surface area contributed by atoms with E-state index in [1.54, 1.807) is 0 Å². The molecule has 2 heteroatoms. The van der Waals surface area contributed by atoms with Crippen molar-refractivity contribution in [1.82, 2.24) is 9.38 Å². The van der Waals surface area contributed by atoms with E-state index in [1.807, 2.05) is 6.92 Å². The van der Waals surface area contributed by atoms with Gasteiger partial charge in [0.1, 0.15) is 5.65 Å². The summed E-state index contributed by atoms with van der Waals surface area (Å²) >= 11 is 0. The highest BCUT2D eigenvalue weighted by atomic mass is 15.0. The minimum Gasteiger partial charge on any atom is -0.292 e. The molecule has 0 aliphatic rings. The summed E-state index contributed by atoms with van der Waals surface area (Å²) in [6, 6.07) is 17.1. The van der Waals surface area contributed by atoms with E-state index in [2.05, 4.69) is 85.0 Å². The van der Waals surface area contributed by atoms with Crippen LogP contribution in [0.1, 0.15) is 32.2 Å². The fraction of sp³-hybridized carbons (Fsp3) is 0.136. The third kappa shape index (κ3) is 2.15. The molecule has 0 aliphatic heterocycles. The van der Waals surface area contributed by atoms with E-state index in [1.165, 1.54) is 27.2 Å². The second-order valence-corrected chi connectivity index (χ2v) is 6.33. The molecule has 0 radical (unpaired) electrons. The van der Waals surface area contributed by atoms with Crippen LogP contribution in [-0.2, 0) is 0 Å². The first-order valence-corrected chi connectivity index (χ1v) is 8.30. The third-order valence-corrected chi connectivity index (χ3v) is 4.29. The Bertz CT molecular complexity index is 1120. The maximum absolute atomic E-state index is 4.97. The third-order valence-electron chi connectivity index (χ3n) is 4.29. The van der Waals surface area contributed by atoms with E-state index >= 15 is 0 Å². The van der Waals surface area contributed by atoms with Crippen LogP contribution in [0.15, 0.2) is 60.2 Å². The molecule has 24 heavy (non-hydrogen) atoms. The van der Waals surface area contributed by atoms with Crippen LogP contribution in [0.4, 0.5) is 0 Å². The number of allylic oxidation sites excluding steroid dienone is 2. The smallest absolute Gasteiger partial charge is 0.146 e. The minimum atomic E-state index is 1.01. The van der Waals surface area contributed by atoms with Crippen molar-refractivity contribution in [3.05, 3.63) is 71.6 Å². The summed E-state index contributed by atoms with van der Waals surface area (Å²) in [6.45, 7) is 6.29. The first-order chi connectivity index (χ1) is 11.7. The number of hydrogen-bond acceptors (Lipinski definition) is 1. The molecule has 0 unspecified atom stereocenters. The van der Waals surface area contributed by atoms with Crippen molar-refractivity contribution in [2.75, 3.05) is 0 Å². The maximum atomic E-state index is 4.97. The number of benzene rings is 2. The van der Waals surface area contributed by atoms with Gasteiger partial charge in [-0.15, -0.1) is 0 Å². The first kappa shape index (κ1) is 14.7. The molecule has 2 aromatic heterocycles. The first-order valence-electron chi connectivity index (χ1n) is 8.30. The largest absolute Gasteiger partial charge is 0.292 e. The predicted molar refractivity (Wildman–Crippen MR) is 104 cm³/mol. The van der Waals surface area contributed by atoms with Crippen molar-refractivity contribution in [2.24, 2.45) is 0 Å². The molecule has 0 spiro atoms. The number of pyridine rings is 1. The number of hydrogen-bond donors (Lipinski definition) is 0. The number of imidazole rings is 1. The maximum Gasteiger partial charge on any atom is 0.146 e. The molecular weight excluding hydrogens is 292 g/mol. The van der Waals surface area contributed by atoms with Crippen molar-refractivity contribution >= 4 is 39.5 Å². The number of nitrogens with zero attached hydrogens (tertiary/aromatic N) is 2. The Balaban J connectivity index is 2.34. The van der Waals surface area contributed by atoms with Crippen molar-refractivity contribution in [2.45, 2.75) is 20.8 Å². The zero-order valence-electron chi connectivity index (χ0n) is 14.2. The second-order valence-electron chi connectivity index (χ2n) is 6.33. The lowest BCUT2D eigenvalue weighted by molar-refractivity contribution is 1.24. The average Bonchev–Trinajstić information content (AvgIpc) is 2.94. The van der Waals surface area contributed by atoms with Crippen molar-refractivity contribution in [3.8, 4) is 0 Å². The Kier molecular flexibility index (Phi) is 3.46.